The Kier molecular flexibility index (Phi) is 12.3. The second kappa shape index (κ2) is 12.3. The normalized spacial score (nSPS) is 13.2. The molecule has 0 aromatic carbocycles. The van der Waals surface area contributed by atoms with Gasteiger partial charge in [-0.05, 0) is 37.6 Å². The zero-order valence-electron chi connectivity index (χ0n) is 12.1. The summed E-state index contributed by atoms with van der Waals surface area (Å²) in [4.78, 5) is 0. The first kappa shape index (κ1) is 16.9. The van der Waals surface area contributed by atoms with E-state index in [1.807, 2.05) is 0 Å². The molecule has 0 radical (unpaired) electrons. The SMILES string of the molecule is COCCCCC(CNCCOC)CC(C)C. The molecule has 3 nitrogen and oxygen atoms in total. The molecule has 0 spiro atoms. The van der Waals surface area contributed by atoms with Gasteiger partial charge in [0.1, 0.15) is 0 Å². The minimum atomic E-state index is 0.784. The molecule has 0 fully saturated rings. The number of unbranched alkanes of at least 4 members (excludes halogenated alkanes) is 1. The number of hydrogen-bond acceptors (Lipinski definition) is 3. The van der Waals surface area contributed by atoms with Gasteiger partial charge in [0.15, 0.2) is 0 Å². The number of hydrogen-bond donors (Lipinski definition) is 1. The summed E-state index contributed by atoms with van der Waals surface area (Å²) in [5.41, 5.74) is 0. The molecule has 0 rings (SSSR count). The monoisotopic (exact) mass is 245 g/mol. The molecule has 0 heterocycles. The number of methoxy groups -OCH3 is 2. The summed E-state index contributed by atoms with van der Waals surface area (Å²) in [6.07, 6.45) is 5.08. The van der Waals surface area contributed by atoms with Crippen LogP contribution in [0.2, 0.25) is 0 Å². The first-order chi connectivity index (χ1) is 8.20. The third-order valence-corrected chi connectivity index (χ3v) is 2.93. The average Bonchev–Trinajstić information content (AvgIpc) is 2.29. The Hall–Kier alpha value is -0.120. The molecule has 3 heteroatoms. The van der Waals surface area contributed by atoms with Gasteiger partial charge in [-0.2, -0.15) is 0 Å². The predicted molar refractivity (Wildman–Crippen MR) is 73.4 cm³/mol. The Labute approximate surface area is 107 Å². The molecule has 1 atom stereocenters. The van der Waals surface area contributed by atoms with Gasteiger partial charge in [-0.3, -0.25) is 0 Å². The molecule has 0 aliphatic carbocycles. The number of ether oxygens (including phenoxy) is 2. The Morgan fingerprint density at radius 3 is 2.29 bits per heavy atom. The minimum Gasteiger partial charge on any atom is -0.385 e. The van der Waals surface area contributed by atoms with Gasteiger partial charge >= 0.3 is 0 Å². The molecule has 0 amide bonds. The molecule has 0 aromatic rings. The van der Waals surface area contributed by atoms with Crippen molar-refractivity contribution in [1.82, 2.24) is 5.32 Å². The summed E-state index contributed by atoms with van der Waals surface area (Å²) in [7, 11) is 3.52. The van der Waals surface area contributed by atoms with E-state index in [9.17, 15) is 0 Å². The third kappa shape index (κ3) is 12.1. The van der Waals surface area contributed by atoms with Crippen molar-refractivity contribution >= 4 is 0 Å². The first-order valence-electron chi connectivity index (χ1n) is 6.89. The van der Waals surface area contributed by atoms with Gasteiger partial charge in [0.25, 0.3) is 0 Å². The minimum absolute atomic E-state index is 0.784. The van der Waals surface area contributed by atoms with Gasteiger partial charge in [0.05, 0.1) is 6.61 Å². The van der Waals surface area contributed by atoms with Gasteiger partial charge in [0, 0.05) is 27.4 Å². The summed E-state index contributed by atoms with van der Waals surface area (Å²) in [5.74, 6) is 1.58. The van der Waals surface area contributed by atoms with Crippen molar-refractivity contribution in [2.45, 2.75) is 39.5 Å². The van der Waals surface area contributed by atoms with E-state index in [2.05, 4.69) is 19.2 Å². The summed E-state index contributed by atoms with van der Waals surface area (Å²) in [5, 5.41) is 3.48. The van der Waals surface area contributed by atoms with Gasteiger partial charge in [-0.1, -0.05) is 20.3 Å². The first-order valence-corrected chi connectivity index (χ1v) is 6.89. The van der Waals surface area contributed by atoms with E-state index in [1.165, 1.54) is 25.7 Å². The quantitative estimate of drug-likeness (QED) is 0.536. The second-order valence-electron chi connectivity index (χ2n) is 5.18. The summed E-state index contributed by atoms with van der Waals surface area (Å²) in [6, 6.07) is 0. The highest BCUT2D eigenvalue weighted by Crippen LogP contribution is 2.17. The number of nitrogens with one attached hydrogen (secondary N) is 1. The van der Waals surface area contributed by atoms with Crippen LogP contribution in [0, 0.1) is 11.8 Å². The van der Waals surface area contributed by atoms with Crippen molar-refractivity contribution in [3.63, 3.8) is 0 Å². The average molecular weight is 245 g/mol. The molecular weight excluding hydrogens is 214 g/mol. The van der Waals surface area contributed by atoms with Crippen LogP contribution in [0.5, 0.6) is 0 Å². The fraction of sp³-hybridized carbons (Fsp3) is 1.00. The summed E-state index contributed by atoms with van der Waals surface area (Å²) < 4.78 is 10.1. The van der Waals surface area contributed by atoms with Gasteiger partial charge < -0.3 is 14.8 Å². The maximum atomic E-state index is 5.09. The lowest BCUT2D eigenvalue weighted by Crippen LogP contribution is -2.27. The maximum absolute atomic E-state index is 5.09. The van der Waals surface area contributed by atoms with Crippen molar-refractivity contribution in [3.8, 4) is 0 Å². The fourth-order valence-corrected chi connectivity index (χ4v) is 2.13. The van der Waals surface area contributed by atoms with Crippen molar-refractivity contribution in [2.24, 2.45) is 11.8 Å². The van der Waals surface area contributed by atoms with Crippen LogP contribution in [0.1, 0.15) is 39.5 Å². The van der Waals surface area contributed by atoms with Crippen LogP contribution in [0.4, 0.5) is 0 Å². The highest BCUT2D eigenvalue weighted by Gasteiger charge is 2.10. The van der Waals surface area contributed by atoms with E-state index in [0.29, 0.717) is 0 Å². The van der Waals surface area contributed by atoms with E-state index in [4.69, 9.17) is 9.47 Å². The van der Waals surface area contributed by atoms with Crippen molar-refractivity contribution in [1.29, 1.82) is 0 Å². The van der Waals surface area contributed by atoms with E-state index >= 15 is 0 Å². The van der Waals surface area contributed by atoms with Crippen LogP contribution in [0.15, 0.2) is 0 Å². The smallest absolute Gasteiger partial charge is 0.0587 e. The molecule has 0 aromatic heterocycles. The molecule has 0 bridgehead atoms. The topological polar surface area (TPSA) is 30.5 Å². The highest BCUT2D eigenvalue weighted by atomic mass is 16.5. The summed E-state index contributed by atoms with van der Waals surface area (Å²) in [6.45, 7) is 8.38. The zero-order chi connectivity index (χ0) is 12.9. The molecule has 17 heavy (non-hydrogen) atoms. The Balaban J connectivity index is 3.64. The van der Waals surface area contributed by atoms with Crippen LogP contribution < -0.4 is 5.32 Å². The molecule has 104 valence electrons. The molecule has 1 N–H and O–H groups in total. The molecule has 0 aliphatic rings. The fourth-order valence-electron chi connectivity index (χ4n) is 2.13. The van der Waals surface area contributed by atoms with Crippen molar-refractivity contribution < 1.29 is 9.47 Å². The molecule has 0 aliphatic heterocycles. The van der Waals surface area contributed by atoms with Gasteiger partial charge in [-0.25, -0.2) is 0 Å². The second-order valence-corrected chi connectivity index (χ2v) is 5.18. The van der Waals surface area contributed by atoms with Crippen LogP contribution in [-0.2, 0) is 9.47 Å². The molecular formula is C14H31NO2. The molecule has 0 saturated carbocycles. The van der Waals surface area contributed by atoms with E-state index in [1.54, 1.807) is 14.2 Å². The number of rotatable bonds is 12. The lowest BCUT2D eigenvalue weighted by molar-refractivity contribution is 0.187. The largest absolute Gasteiger partial charge is 0.385 e. The van der Waals surface area contributed by atoms with E-state index in [-0.39, 0.29) is 0 Å². The Morgan fingerprint density at radius 2 is 1.71 bits per heavy atom. The predicted octanol–water partition coefficient (Wildman–Crippen LogP) is 2.70. The highest BCUT2D eigenvalue weighted by molar-refractivity contribution is 4.65. The third-order valence-electron chi connectivity index (χ3n) is 2.93. The van der Waals surface area contributed by atoms with Crippen LogP contribution >= 0.6 is 0 Å². The van der Waals surface area contributed by atoms with Crippen molar-refractivity contribution in [3.05, 3.63) is 0 Å². The van der Waals surface area contributed by atoms with Gasteiger partial charge in [0.2, 0.25) is 0 Å². The molecule has 0 saturated heterocycles. The Morgan fingerprint density at radius 1 is 1.00 bits per heavy atom. The zero-order valence-corrected chi connectivity index (χ0v) is 12.1. The van der Waals surface area contributed by atoms with E-state index in [0.717, 1.165) is 38.1 Å². The lowest BCUT2D eigenvalue weighted by Gasteiger charge is -2.19. The Bertz CT molecular complexity index is 139. The lowest BCUT2D eigenvalue weighted by atomic mass is 9.92. The van der Waals surface area contributed by atoms with Crippen LogP contribution in [-0.4, -0.2) is 40.5 Å². The van der Waals surface area contributed by atoms with E-state index < -0.39 is 0 Å². The molecule has 1 unspecified atom stereocenters. The van der Waals surface area contributed by atoms with Gasteiger partial charge in [-0.15, -0.1) is 0 Å². The van der Waals surface area contributed by atoms with Crippen LogP contribution in [0.3, 0.4) is 0 Å². The standard InChI is InChI=1S/C14H31NO2/c1-13(2)11-14(7-5-6-9-16-3)12-15-8-10-17-4/h13-15H,5-12H2,1-4H3. The van der Waals surface area contributed by atoms with Crippen molar-refractivity contribution in [2.75, 3.05) is 40.5 Å². The van der Waals surface area contributed by atoms with Crippen LogP contribution in [0.25, 0.3) is 0 Å². The summed E-state index contributed by atoms with van der Waals surface area (Å²) >= 11 is 0. The maximum Gasteiger partial charge on any atom is 0.0587 e.